The first kappa shape index (κ1) is 24.5. The maximum Gasteiger partial charge on any atom is 0.460 e. The number of halogens is 10. The lowest BCUT2D eigenvalue weighted by Gasteiger charge is -2.28. The molecule has 1 atom stereocenters. The first-order chi connectivity index (χ1) is 12.8. The Hall–Kier alpha value is -2.58. The summed E-state index contributed by atoms with van der Waals surface area (Å²) in [5.74, 6) is -18.3. The van der Waals surface area contributed by atoms with Crippen LogP contribution in [0.1, 0.15) is 5.56 Å². The van der Waals surface area contributed by atoms with Gasteiger partial charge in [0.05, 0.1) is 7.11 Å². The first-order valence-electron chi connectivity index (χ1n) is 6.96. The second-order valence-electron chi connectivity index (χ2n) is 5.38. The third-order valence-corrected chi connectivity index (χ3v) is 3.49. The number of hydrogen-bond donors (Lipinski definition) is 2. The minimum Gasteiger partial charge on any atom is -0.466 e. The van der Waals surface area contributed by atoms with Gasteiger partial charge in [-0.05, 0) is 12.1 Å². The van der Waals surface area contributed by atoms with Gasteiger partial charge in [-0.3, -0.25) is 4.79 Å². The zero-order valence-corrected chi connectivity index (χ0v) is 13.8. The van der Waals surface area contributed by atoms with E-state index >= 15 is 0 Å². The number of rotatable bonds is 5. The van der Waals surface area contributed by atoms with Crippen molar-refractivity contribution in [1.29, 1.82) is 0 Å². The molecular weight excluding hydrogens is 436 g/mol. The molecule has 0 fully saturated rings. The molecule has 5 nitrogen and oxygen atoms in total. The number of hydrogen-bond acceptors (Lipinski definition) is 4. The number of alkyl halides is 10. The van der Waals surface area contributed by atoms with Gasteiger partial charge in [-0.15, -0.1) is 0 Å². The van der Waals surface area contributed by atoms with E-state index in [2.05, 4.69) is 4.74 Å². The topological polar surface area (TPSA) is 75.6 Å². The van der Waals surface area contributed by atoms with Crippen LogP contribution in [0, 0.1) is 0 Å². The standard InChI is InChI=1S/C14H9F10NO4/c1-29-9(27)10(28,13(19,20)21)6-2-4-7(5-3-6)25-8(26)11(15,16)12(17,18)14(22,23)24/h2-5,28H,1H3,(H,25,26)/t10-/m1/s1. The quantitative estimate of drug-likeness (QED) is 0.539. The molecule has 0 saturated heterocycles. The molecule has 164 valence electrons. The Kier molecular flexibility index (Phi) is 6.20. The summed E-state index contributed by atoms with van der Waals surface area (Å²) in [7, 11) is 0.510. The van der Waals surface area contributed by atoms with Crippen molar-refractivity contribution in [1.82, 2.24) is 0 Å². The molecule has 0 aliphatic rings. The van der Waals surface area contributed by atoms with Crippen LogP contribution in [0.2, 0.25) is 0 Å². The predicted octanol–water partition coefficient (Wildman–Crippen LogP) is 3.38. The van der Waals surface area contributed by atoms with Gasteiger partial charge in [-0.25, -0.2) is 4.79 Å². The molecule has 0 aliphatic carbocycles. The van der Waals surface area contributed by atoms with Gasteiger partial charge in [-0.2, -0.15) is 43.9 Å². The van der Waals surface area contributed by atoms with E-state index < -0.39 is 52.9 Å². The number of benzene rings is 1. The molecule has 0 heterocycles. The predicted molar refractivity (Wildman–Crippen MR) is 73.0 cm³/mol. The molecule has 0 radical (unpaired) electrons. The van der Waals surface area contributed by atoms with Crippen LogP contribution in [0.3, 0.4) is 0 Å². The highest BCUT2D eigenvalue weighted by Crippen LogP contribution is 2.47. The fourth-order valence-electron chi connectivity index (χ4n) is 1.87. The second kappa shape index (κ2) is 7.35. The van der Waals surface area contributed by atoms with Crippen LogP contribution < -0.4 is 5.32 Å². The van der Waals surface area contributed by atoms with Crippen molar-refractivity contribution in [3.8, 4) is 0 Å². The average Bonchev–Trinajstić information content (AvgIpc) is 2.58. The largest absolute Gasteiger partial charge is 0.466 e. The van der Waals surface area contributed by atoms with Crippen molar-refractivity contribution >= 4 is 17.6 Å². The fraction of sp³-hybridized carbons (Fsp3) is 0.429. The van der Waals surface area contributed by atoms with Crippen molar-refractivity contribution in [2.75, 3.05) is 12.4 Å². The zero-order chi connectivity index (χ0) is 23.1. The number of carbonyl (C=O) groups is 2. The van der Waals surface area contributed by atoms with E-state index in [4.69, 9.17) is 0 Å². The lowest BCUT2D eigenvalue weighted by Crippen LogP contribution is -2.57. The minimum atomic E-state index is -6.78. The molecular formula is C14H9F10NO4. The van der Waals surface area contributed by atoms with Crippen LogP contribution >= 0.6 is 0 Å². The summed E-state index contributed by atoms with van der Waals surface area (Å²) in [5, 5.41) is 10.6. The highest BCUT2D eigenvalue weighted by Gasteiger charge is 2.76. The smallest absolute Gasteiger partial charge is 0.460 e. The Balaban J connectivity index is 3.21. The Bertz CT molecular complexity index is 772. The van der Waals surface area contributed by atoms with E-state index in [1.807, 2.05) is 0 Å². The van der Waals surface area contributed by atoms with Crippen LogP contribution in [0.25, 0.3) is 0 Å². The number of methoxy groups -OCH3 is 1. The van der Waals surface area contributed by atoms with Crippen molar-refractivity contribution < 1.29 is 63.3 Å². The highest BCUT2D eigenvalue weighted by atomic mass is 19.4. The summed E-state index contributed by atoms with van der Waals surface area (Å²) >= 11 is 0. The number of ether oxygens (including phenoxy) is 1. The molecule has 1 amide bonds. The summed E-state index contributed by atoms with van der Waals surface area (Å²) in [6.07, 6.45) is -12.4. The van der Waals surface area contributed by atoms with E-state index in [1.54, 1.807) is 0 Å². The highest BCUT2D eigenvalue weighted by molar-refractivity contribution is 5.97. The fourth-order valence-corrected chi connectivity index (χ4v) is 1.87. The molecule has 0 saturated carbocycles. The molecule has 0 aliphatic heterocycles. The molecule has 0 aromatic heterocycles. The maximum absolute atomic E-state index is 13.2. The van der Waals surface area contributed by atoms with E-state index in [-0.39, 0.29) is 12.1 Å². The summed E-state index contributed by atoms with van der Waals surface area (Å²) in [6, 6.07) is 1.24. The Morgan fingerprint density at radius 3 is 1.66 bits per heavy atom. The van der Waals surface area contributed by atoms with Crippen LogP contribution in [0.15, 0.2) is 24.3 Å². The molecule has 1 rings (SSSR count). The third kappa shape index (κ3) is 4.09. The number of nitrogens with one attached hydrogen (secondary N) is 1. The molecule has 0 unspecified atom stereocenters. The van der Waals surface area contributed by atoms with E-state index in [0.717, 1.165) is 5.32 Å². The van der Waals surface area contributed by atoms with Gasteiger partial charge < -0.3 is 15.2 Å². The first-order valence-corrected chi connectivity index (χ1v) is 6.96. The molecule has 15 heteroatoms. The van der Waals surface area contributed by atoms with Crippen molar-refractivity contribution in [3.63, 3.8) is 0 Å². The SMILES string of the molecule is COC(=O)[C@](O)(c1ccc(NC(=O)C(F)(F)C(F)(F)C(F)(F)F)cc1)C(F)(F)F. The number of anilines is 1. The normalized spacial score (nSPS) is 15.4. The van der Waals surface area contributed by atoms with Crippen LogP contribution in [-0.4, -0.2) is 48.3 Å². The Labute approximate surface area is 154 Å². The maximum atomic E-state index is 13.2. The molecule has 1 aromatic carbocycles. The van der Waals surface area contributed by atoms with Gasteiger partial charge in [0.15, 0.2) is 0 Å². The average molecular weight is 445 g/mol. The van der Waals surface area contributed by atoms with Crippen LogP contribution in [-0.2, 0) is 19.9 Å². The molecule has 2 N–H and O–H groups in total. The third-order valence-electron chi connectivity index (χ3n) is 3.49. The lowest BCUT2D eigenvalue weighted by atomic mass is 9.93. The molecule has 1 aromatic rings. The van der Waals surface area contributed by atoms with Crippen LogP contribution in [0.5, 0.6) is 0 Å². The lowest BCUT2D eigenvalue weighted by molar-refractivity contribution is -0.343. The van der Waals surface area contributed by atoms with Gasteiger partial charge in [0, 0.05) is 11.3 Å². The van der Waals surface area contributed by atoms with Gasteiger partial charge in [0.25, 0.3) is 5.60 Å². The van der Waals surface area contributed by atoms with E-state index in [9.17, 15) is 58.6 Å². The summed E-state index contributed by atoms with van der Waals surface area (Å²) < 4.78 is 131. The van der Waals surface area contributed by atoms with Gasteiger partial charge in [0.2, 0.25) is 0 Å². The van der Waals surface area contributed by atoms with Crippen molar-refractivity contribution in [2.45, 2.75) is 29.8 Å². The number of aliphatic hydroxyl groups is 1. The second-order valence-corrected chi connectivity index (χ2v) is 5.38. The van der Waals surface area contributed by atoms with Crippen molar-refractivity contribution in [3.05, 3.63) is 29.8 Å². The monoisotopic (exact) mass is 445 g/mol. The summed E-state index contributed by atoms with van der Waals surface area (Å²) in [4.78, 5) is 22.5. The van der Waals surface area contributed by atoms with Gasteiger partial charge >= 0.3 is 36.1 Å². The van der Waals surface area contributed by atoms with Gasteiger partial charge in [-0.1, -0.05) is 12.1 Å². The van der Waals surface area contributed by atoms with Crippen molar-refractivity contribution in [2.24, 2.45) is 0 Å². The Morgan fingerprint density at radius 1 is 0.862 bits per heavy atom. The molecule has 0 spiro atoms. The Morgan fingerprint density at radius 2 is 1.31 bits per heavy atom. The summed E-state index contributed by atoms with van der Waals surface area (Å²) in [5.41, 5.74) is -6.37. The van der Waals surface area contributed by atoms with E-state index in [1.165, 1.54) is 0 Å². The molecule has 0 bridgehead atoms. The zero-order valence-electron chi connectivity index (χ0n) is 13.8. The number of carbonyl (C=O) groups excluding carboxylic acids is 2. The minimum absolute atomic E-state index is 0.278. The number of amides is 1. The van der Waals surface area contributed by atoms with E-state index in [0.29, 0.717) is 19.2 Å². The van der Waals surface area contributed by atoms with Crippen LogP contribution in [0.4, 0.5) is 49.6 Å². The summed E-state index contributed by atoms with van der Waals surface area (Å²) in [6.45, 7) is 0. The van der Waals surface area contributed by atoms with Gasteiger partial charge in [0.1, 0.15) is 0 Å². The molecule has 29 heavy (non-hydrogen) atoms. The number of esters is 1.